The molecule has 0 spiro atoms. The van der Waals surface area contributed by atoms with Gasteiger partial charge in [-0.1, -0.05) is 236 Å². The van der Waals surface area contributed by atoms with Gasteiger partial charge in [-0.05, 0) is 110 Å². The smallest absolute Gasteiger partial charge is 0.334 e. The summed E-state index contributed by atoms with van der Waals surface area (Å²) >= 11 is 14.3. The van der Waals surface area contributed by atoms with E-state index in [-0.39, 0.29) is 17.7 Å². The molecule has 0 aliphatic rings. The van der Waals surface area contributed by atoms with Crippen LogP contribution in [0.2, 0.25) is 5.02 Å². The fraction of sp³-hybridized carbons (Fsp3) is 0.326. The van der Waals surface area contributed by atoms with Crippen LogP contribution < -0.4 is 0 Å². The molecule has 34 heteroatoms. The lowest BCUT2D eigenvalue weighted by Crippen LogP contribution is -2.07. The predicted molar refractivity (Wildman–Crippen MR) is 506 cm³/mol. The molecule has 0 aliphatic carbocycles. The molecule has 129 heavy (non-hydrogen) atoms. The van der Waals surface area contributed by atoms with E-state index < -0.39 is 11.9 Å². The van der Waals surface area contributed by atoms with E-state index in [1.54, 1.807) is 47.5 Å². The molecule has 13 heterocycles. The van der Waals surface area contributed by atoms with Crippen LogP contribution in [0.25, 0.3) is 89.4 Å². The largest absolute Gasteiger partial charge is 0.433 e. The van der Waals surface area contributed by atoms with Crippen LogP contribution in [0, 0.1) is 18.6 Å². The zero-order valence-corrected chi connectivity index (χ0v) is 79.4. The highest BCUT2D eigenvalue weighted by Gasteiger charge is 2.32. The third kappa shape index (κ3) is 30.9. The van der Waals surface area contributed by atoms with E-state index in [1.807, 2.05) is 194 Å². The van der Waals surface area contributed by atoms with Crippen molar-refractivity contribution >= 4 is 46.5 Å². The van der Waals surface area contributed by atoms with Gasteiger partial charge in [0.15, 0.2) is 39.7 Å². The first-order valence-corrected chi connectivity index (χ1v) is 44.5. The first-order valence-electron chi connectivity index (χ1n) is 42.1. The maximum Gasteiger partial charge on any atom is 0.433 e. The number of halogens is 4. The number of aryl methyl sites for hydroxylation is 2. The van der Waals surface area contributed by atoms with Crippen LogP contribution in [0.5, 0.6) is 0 Å². The topological polar surface area (TPSA) is 352 Å². The summed E-state index contributed by atoms with van der Waals surface area (Å²) in [7, 11) is 1.92. The maximum absolute atomic E-state index is 12.3. The molecule has 0 saturated carbocycles. The molecule has 0 unspecified atom stereocenters. The summed E-state index contributed by atoms with van der Waals surface area (Å²) < 4.78 is 54.8. The summed E-state index contributed by atoms with van der Waals surface area (Å²) in [5, 5.41) is 42.7. The van der Waals surface area contributed by atoms with E-state index in [2.05, 4.69) is 236 Å². The first-order chi connectivity index (χ1) is 61.6. The Labute approximate surface area is 768 Å². The van der Waals surface area contributed by atoms with Crippen molar-refractivity contribution in [2.45, 2.75) is 198 Å². The summed E-state index contributed by atoms with van der Waals surface area (Å²) in [6.07, 6.45) is 9.32. The molecule has 4 N–H and O–H groups in total. The van der Waals surface area contributed by atoms with Crippen LogP contribution in [0.4, 0.5) is 13.2 Å². The molecule has 0 radical (unpaired) electrons. The number of thiazole rings is 2. The van der Waals surface area contributed by atoms with Gasteiger partial charge >= 0.3 is 6.18 Å². The van der Waals surface area contributed by atoms with E-state index in [0.29, 0.717) is 69.4 Å². The van der Waals surface area contributed by atoms with E-state index in [1.165, 1.54) is 37.0 Å². The minimum Gasteiger partial charge on any atom is -0.334 e. The van der Waals surface area contributed by atoms with Crippen molar-refractivity contribution in [3.63, 3.8) is 0 Å². The fourth-order valence-corrected chi connectivity index (χ4v) is 12.9. The van der Waals surface area contributed by atoms with Crippen LogP contribution in [0.1, 0.15) is 246 Å². The van der Waals surface area contributed by atoms with Crippen molar-refractivity contribution in [3.8, 4) is 89.4 Å². The Bertz CT molecular complexity index is 5600. The number of rotatable bonds is 17. The highest BCUT2D eigenvalue weighted by Crippen LogP contribution is 2.34. The van der Waals surface area contributed by atoms with Gasteiger partial charge < -0.3 is 18.1 Å². The number of hydrogen-bond acceptors (Lipinski definition) is 25. The highest BCUT2D eigenvalue weighted by atomic mass is 35.5. The van der Waals surface area contributed by atoms with Gasteiger partial charge in [0, 0.05) is 154 Å². The van der Waals surface area contributed by atoms with Gasteiger partial charge in [0.05, 0.1) is 25.3 Å². The lowest BCUT2D eigenvalue weighted by Gasteiger charge is -2.04. The number of H-pyrrole nitrogens is 4. The monoisotopic (exact) mass is 1820 g/mol. The predicted octanol–water partition coefficient (Wildman–Crippen LogP) is 25.7. The lowest BCUT2D eigenvalue weighted by molar-refractivity contribution is -0.141. The average Bonchev–Trinajstić information content (AvgIpc) is 1.72. The molecule has 27 nitrogen and oxygen atoms in total. The minimum absolute atomic E-state index is 0.0879. The molecule has 0 aliphatic heterocycles. The van der Waals surface area contributed by atoms with Crippen LogP contribution in [-0.2, 0) is 13.2 Å². The first kappa shape index (κ1) is 99.8. The van der Waals surface area contributed by atoms with E-state index in [0.717, 1.165) is 109 Å². The molecule has 17 rings (SSSR count). The van der Waals surface area contributed by atoms with E-state index >= 15 is 0 Å². The van der Waals surface area contributed by atoms with Gasteiger partial charge in [0.25, 0.3) is 17.7 Å². The van der Waals surface area contributed by atoms with Crippen molar-refractivity contribution in [1.29, 1.82) is 0 Å². The fourth-order valence-electron chi connectivity index (χ4n) is 10.8. The lowest BCUT2D eigenvalue weighted by atomic mass is 10.1. The summed E-state index contributed by atoms with van der Waals surface area (Å²) in [6.45, 7) is 41.4. The van der Waals surface area contributed by atoms with Crippen molar-refractivity contribution in [2.24, 2.45) is 7.05 Å². The summed E-state index contributed by atoms with van der Waals surface area (Å²) in [6, 6.07) is 49.6. The average molecular weight is 1820 g/mol. The zero-order valence-electron chi connectivity index (χ0n) is 76.2. The third-order valence-electron chi connectivity index (χ3n) is 18.3. The van der Waals surface area contributed by atoms with E-state index in [9.17, 15) is 13.2 Å². The molecule has 674 valence electrons. The number of benzene rings is 4. The van der Waals surface area contributed by atoms with Crippen molar-refractivity contribution in [2.75, 3.05) is 0 Å². The third-order valence-corrected chi connectivity index (χ3v) is 21.7. The molecule has 0 saturated heterocycles. The second-order valence-electron chi connectivity index (χ2n) is 32.2. The standard InChI is InChI=1S/C13H15NS.C12H14N2S.C11H12ClN3.C11H10F3N3O.C11H13N3.C11H12N2O.C10H12N4.C10H11N3O.C6H11N3S/c1-9(2)13-14-8-12(15-13)11-6-4-10(3)5-7-11;1-8(2)12-14-7-11(15-12)10-5-4-9(3)13-6-10;1-7(2)10-13-11(15-14-10)8-3-5-9(12)6-4-8;1-6(2)9-16-10(18-17-9)7-3-4-8(15-5-7)11(12,13)14;2*1-8(2)10-12-11(14-13-10)9-6-4-3-5-7-9;2*1-7(2)9-12-10(14-13-9)8-3-5-11-6-4-8;1-4(2)5-7-8-6(10)9(5)3/h4-9H,1-3H3;4-8H,1-3H3;3-7H,1-2H3,(H,13,14,15);3-6H,1-2H3;3-8H,1-2H3,(H,12,13,14);3-8H,1-2H3;3-7H,1-2H3,(H,12,13,14);3-7H,1-2H3;4H,1-3H3,(H,8,10). The molecule has 0 bridgehead atoms. The zero-order chi connectivity index (χ0) is 93.4. The number of hydrogen-bond donors (Lipinski definition) is 4. The Morgan fingerprint density at radius 2 is 0.736 bits per heavy atom. The molecule has 0 atom stereocenters. The van der Waals surface area contributed by atoms with Crippen molar-refractivity contribution < 1.29 is 26.7 Å². The Morgan fingerprint density at radius 1 is 0.364 bits per heavy atom. The molecule has 0 amide bonds. The summed E-state index contributed by atoms with van der Waals surface area (Å²) in [5.74, 6) is 12.5. The van der Waals surface area contributed by atoms with E-state index in [4.69, 9.17) is 37.4 Å². The minimum atomic E-state index is -4.45. The second kappa shape index (κ2) is 48.8. The Hall–Kier alpha value is -13.0. The maximum atomic E-state index is 12.3. The van der Waals surface area contributed by atoms with Crippen LogP contribution >= 0.6 is 46.5 Å². The Morgan fingerprint density at radius 3 is 1.08 bits per heavy atom. The van der Waals surface area contributed by atoms with Gasteiger partial charge in [-0.2, -0.15) is 48.5 Å². The quantitative estimate of drug-likeness (QED) is 0.0615. The van der Waals surface area contributed by atoms with Gasteiger partial charge in [-0.25, -0.2) is 24.9 Å². The normalized spacial score (nSPS) is 11.0. The van der Waals surface area contributed by atoms with Crippen molar-refractivity contribution in [3.05, 3.63) is 285 Å². The number of nitrogens with one attached hydrogen (secondary N) is 4. The summed E-state index contributed by atoms with van der Waals surface area (Å²) in [4.78, 5) is 52.6. The van der Waals surface area contributed by atoms with Gasteiger partial charge in [0.1, 0.15) is 29.0 Å². The molecule has 17 aromatic rings. The van der Waals surface area contributed by atoms with Crippen LogP contribution in [0.15, 0.2) is 221 Å². The number of aromatic amines is 4. The van der Waals surface area contributed by atoms with Gasteiger partial charge in [0.2, 0.25) is 0 Å². The highest BCUT2D eigenvalue weighted by molar-refractivity contribution is 7.71. The SMILES string of the molecule is CC(C)c1n[nH]c(=S)n1C.CC(C)c1nc(-c2ccc(Cl)cc2)n[nH]1.CC(C)c1nc(-c2ccccc2)n[nH]1.CC(C)c1nc(-c2ccncc2)n[nH]1.CC(C)c1noc(-c2ccc(C(F)(F)F)nc2)n1.CC(C)c1noc(-c2ccccc2)n1.CC(C)c1noc(-c2ccncc2)n1.Cc1ccc(-c2cnc(C(C)C)s2)cc1.Cc1ccc(-c2cnc(C(C)C)s2)cn1. The Balaban J connectivity index is 0.000000164. The number of nitrogens with zero attached hydrogens (tertiary/aromatic N) is 20. The molecule has 4 aromatic carbocycles. The Kier molecular flexibility index (Phi) is 37.8. The van der Waals surface area contributed by atoms with Crippen LogP contribution in [-0.4, -0.2) is 121 Å². The molecular formula is C95H110ClF3N24O3S3. The second-order valence-corrected chi connectivity index (χ2v) is 35.1. The van der Waals surface area contributed by atoms with Crippen LogP contribution in [0.3, 0.4) is 0 Å². The number of alkyl halides is 3. The van der Waals surface area contributed by atoms with Gasteiger partial charge in [-0.15, -0.1) is 22.7 Å². The molecule has 0 fully saturated rings. The number of aromatic nitrogens is 24. The van der Waals surface area contributed by atoms with Gasteiger partial charge in [-0.3, -0.25) is 40.3 Å². The molecule has 13 aromatic heterocycles. The van der Waals surface area contributed by atoms with Crippen molar-refractivity contribution in [1.82, 2.24) is 121 Å². The summed E-state index contributed by atoms with van der Waals surface area (Å²) in [5.41, 5.74) is 9.07. The molecular weight excluding hydrogens is 1710 g/mol. The number of pyridine rings is 4.